The SMILES string of the molecule is CCN1CCOCC1.NO.O=C1CCC(=O)O1.[B]C1CN(C(=O)CCC(=O)O)CC(COP(=O)(N2CCN(C(=O)CCC(=O)O)CC2)N2CC([B])OC(COC(C)C)C2)O1.[B]C1CN(C(C)(C)C)CC(COP(=O)(N2CCNCC2)N2CC([B])OC(COC(C)C)C2)O1. The van der Waals surface area contributed by atoms with E-state index in [0.29, 0.717) is 45.9 Å². The van der Waals surface area contributed by atoms with Gasteiger partial charge in [-0.15, -0.1) is 0 Å². The van der Waals surface area contributed by atoms with E-state index < -0.39 is 75.4 Å². The van der Waals surface area contributed by atoms with Gasteiger partial charge in [0.15, 0.2) is 0 Å². The van der Waals surface area contributed by atoms with Crippen molar-refractivity contribution in [3.05, 3.63) is 0 Å². The molecule has 8 aliphatic heterocycles. The van der Waals surface area contributed by atoms with Gasteiger partial charge in [0.25, 0.3) is 0 Å². The first-order valence-electron chi connectivity index (χ1n) is 32.1. The van der Waals surface area contributed by atoms with Crippen molar-refractivity contribution in [2.24, 2.45) is 5.90 Å². The summed E-state index contributed by atoms with van der Waals surface area (Å²) in [5.41, 5.74) is -0.0392. The van der Waals surface area contributed by atoms with Gasteiger partial charge < -0.3 is 77.5 Å². The van der Waals surface area contributed by atoms with Gasteiger partial charge in [0.05, 0.1) is 102 Å². The number of ether oxygens (including phenoxy) is 8. The number of hydrogen-bond acceptors (Lipinski definition) is 23. The molecule has 0 bridgehead atoms. The van der Waals surface area contributed by atoms with Gasteiger partial charge in [-0.25, -0.2) is 24.6 Å². The number of esters is 2. The zero-order valence-corrected chi connectivity index (χ0v) is 57.5. The molecule has 0 saturated carbocycles. The van der Waals surface area contributed by atoms with Crippen molar-refractivity contribution in [2.75, 3.05) is 164 Å². The molecule has 0 aliphatic carbocycles. The van der Waals surface area contributed by atoms with Crippen LogP contribution in [-0.4, -0.2) is 351 Å². The summed E-state index contributed by atoms with van der Waals surface area (Å²) < 4.78 is 93.0. The van der Waals surface area contributed by atoms with Crippen LogP contribution in [0.15, 0.2) is 0 Å². The Labute approximate surface area is 554 Å². The molecule has 0 spiro atoms. The van der Waals surface area contributed by atoms with E-state index in [1.54, 1.807) is 9.34 Å². The monoisotopic (exact) mass is 1360 g/mol. The first kappa shape index (κ1) is 82.4. The molecule has 6 N–H and O–H groups in total. The Bertz CT molecular complexity index is 2370. The van der Waals surface area contributed by atoms with Crippen LogP contribution in [0.4, 0.5) is 0 Å². The van der Waals surface area contributed by atoms with E-state index in [2.05, 4.69) is 53.4 Å². The molecule has 524 valence electrons. The molecule has 0 aromatic heterocycles. The van der Waals surface area contributed by atoms with Crippen LogP contribution >= 0.6 is 15.3 Å². The molecule has 0 aromatic carbocycles. The van der Waals surface area contributed by atoms with Gasteiger partial charge in [0, 0.05) is 160 Å². The van der Waals surface area contributed by atoms with E-state index in [4.69, 9.17) is 89.0 Å². The summed E-state index contributed by atoms with van der Waals surface area (Å²) in [6.07, 6.45) is -2.10. The predicted octanol–water partition coefficient (Wildman–Crippen LogP) is -0.519. The highest BCUT2D eigenvalue weighted by Gasteiger charge is 2.47. The summed E-state index contributed by atoms with van der Waals surface area (Å²) in [5, 5.41) is 27.7. The molecule has 8 saturated heterocycles. The highest BCUT2D eigenvalue weighted by atomic mass is 31.2. The zero-order valence-electron chi connectivity index (χ0n) is 55.7. The van der Waals surface area contributed by atoms with E-state index in [-0.39, 0.29) is 152 Å². The second-order valence-corrected chi connectivity index (χ2v) is 29.6. The van der Waals surface area contributed by atoms with E-state index >= 15 is 0 Å². The fraction of sp³-hybridized carbons (Fsp3) is 0.893. The molecular weight excluding hydrogens is 1250 g/mol. The fourth-order valence-electron chi connectivity index (χ4n) is 10.8. The number of rotatable bonds is 23. The van der Waals surface area contributed by atoms with Crippen LogP contribution in [0, 0.1) is 0 Å². The molecular formula is C56H102B4N10O21P2. The van der Waals surface area contributed by atoms with Crippen molar-refractivity contribution in [2.45, 2.75) is 160 Å². The molecule has 8 fully saturated rings. The van der Waals surface area contributed by atoms with E-state index in [9.17, 15) is 37.9 Å². The van der Waals surface area contributed by atoms with E-state index in [0.717, 1.165) is 39.4 Å². The molecule has 10 unspecified atom stereocenters. The summed E-state index contributed by atoms with van der Waals surface area (Å²) in [5.74, 6) is -0.123. The highest BCUT2D eigenvalue weighted by Crippen LogP contribution is 2.57. The van der Waals surface area contributed by atoms with Crippen LogP contribution < -0.4 is 11.2 Å². The Hall–Kier alpha value is -2.98. The van der Waals surface area contributed by atoms with Gasteiger partial charge in [-0.1, -0.05) is 6.92 Å². The normalized spacial score (nSPS) is 28.0. The molecule has 2 amide bonds. The topological polar surface area (TPSA) is 354 Å². The average Bonchev–Trinajstić information content (AvgIpc) is 1.07. The molecule has 37 heteroatoms. The third-order valence-electron chi connectivity index (χ3n) is 15.7. The Morgan fingerprint density at radius 3 is 1.37 bits per heavy atom. The minimum Gasteiger partial charge on any atom is -0.481 e. The van der Waals surface area contributed by atoms with Crippen LogP contribution in [0.25, 0.3) is 0 Å². The van der Waals surface area contributed by atoms with Crippen LogP contribution in [0.5, 0.6) is 0 Å². The van der Waals surface area contributed by atoms with Crippen LogP contribution in [0.3, 0.4) is 0 Å². The lowest BCUT2D eigenvalue weighted by Crippen LogP contribution is -2.56. The zero-order chi connectivity index (χ0) is 69.1. The largest absolute Gasteiger partial charge is 0.481 e. The third-order valence-corrected chi connectivity index (χ3v) is 20.9. The number of carboxylic acids is 2. The van der Waals surface area contributed by atoms with Crippen LogP contribution in [0.1, 0.15) is 93.9 Å². The second-order valence-electron chi connectivity index (χ2n) is 24.9. The average molecular weight is 1360 g/mol. The Morgan fingerprint density at radius 2 is 0.968 bits per heavy atom. The predicted molar refractivity (Wildman–Crippen MR) is 344 cm³/mol. The summed E-state index contributed by atoms with van der Waals surface area (Å²) in [7, 11) is 17.4. The van der Waals surface area contributed by atoms with Crippen molar-refractivity contribution < 1.29 is 100 Å². The van der Waals surface area contributed by atoms with Crippen molar-refractivity contribution in [3.8, 4) is 0 Å². The van der Waals surface area contributed by atoms with Crippen molar-refractivity contribution >= 4 is 82.4 Å². The van der Waals surface area contributed by atoms with Gasteiger partial charge in [0.1, 0.15) is 31.4 Å². The van der Waals surface area contributed by atoms with Gasteiger partial charge in [-0.3, -0.25) is 47.7 Å². The van der Waals surface area contributed by atoms with Crippen molar-refractivity contribution in [1.82, 2.24) is 43.6 Å². The first-order valence-corrected chi connectivity index (χ1v) is 35.1. The second kappa shape index (κ2) is 41.4. The Morgan fingerprint density at radius 1 is 0.559 bits per heavy atom. The number of nitrogens with one attached hydrogen (secondary N) is 1. The number of likely N-dealkylation sites (N-methyl/N-ethyl adjacent to an activating group) is 1. The minimum atomic E-state index is -3.82. The molecule has 31 nitrogen and oxygen atoms in total. The highest BCUT2D eigenvalue weighted by molar-refractivity contribution is 7.54. The molecule has 8 radical (unpaired) electrons. The summed E-state index contributed by atoms with van der Waals surface area (Å²) in [6, 6.07) is -2.58. The number of nitrogens with zero attached hydrogens (tertiary/aromatic N) is 8. The molecule has 8 heterocycles. The summed E-state index contributed by atoms with van der Waals surface area (Å²) >= 11 is 0. The number of carbonyl (C=O) groups excluding carboxylic acids is 4. The molecule has 8 aliphatic rings. The maximum Gasteiger partial charge on any atom is 0.346 e. The Kier molecular flexibility index (Phi) is 36.7. The van der Waals surface area contributed by atoms with Gasteiger partial charge >= 0.3 is 39.2 Å². The lowest BCUT2D eigenvalue weighted by Gasteiger charge is -2.47. The standard InChI is InChI=1S/C25H41B2N4O11P.C21H41B2N4O5P.C6H13NO.C4H4O3.H3NO/c1-17(2)39-15-19-12-31(14-21(27)42-19)43(38,30-9-7-28(8-10-30)22(32)3-5-24(34)35)40-16-18-11-29(13-20(26)41-18)23(33)4-6-25(36)37;1-16(2)29-14-18-11-27(13-20(23)32-18)33(28,26-8-6-24-7-9-26)30-15-17-10-25(21(3,4)5)12-19(22)31-17;1-2-7-3-5-8-6-4-7;5-3-1-2-4(6)7-3;1-2/h17-21H,3-16H2,1-2H3,(H,34,35)(H,36,37);16-20,24H,6-15H2,1-5H3;2-6H2,1H3;1-2H2;2H,1H2. The van der Waals surface area contributed by atoms with Gasteiger partial charge in [-0.05, 0) is 55.0 Å². The summed E-state index contributed by atoms with van der Waals surface area (Å²) in [6.45, 7) is 28.4. The van der Waals surface area contributed by atoms with Gasteiger partial charge in [-0.2, -0.15) is 0 Å². The number of amides is 2. The maximum atomic E-state index is 14.8. The summed E-state index contributed by atoms with van der Waals surface area (Å²) in [4.78, 5) is 74.5. The molecule has 0 aromatic rings. The number of cyclic esters (lactones) is 2. The first-order chi connectivity index (χ1) is 43.9. The van der Waals surface area contributed by atoms with Crippen LogP contribution in [0.2, 0.25) is 0 Å². The maximum absolute atomic E-state index is 14.8. The van der Waals surface area contributed by atoms with Gasteiger partial charge in [0.2, 0.25) is 11.8 Å². The molecule has 8 rings (SSSR count). The number of nitrogens with two attached hydrogens (primary N) is 1. The van der Waals surface area contributed by atoms with Crippen LogP contribution in [-0.2, 0) is 84.8 Å². The lowest BCUT2D eigenvalue weighted by atomic mass is 9.94. The van der Waals surface area contributed by atoms with E-state index in [1.807, 2.05) is 37.0 Å². The number of morpholine rings is 5. The van der Waals surface area contributed by atoms with E-state index in [1.165, 1.54) is 16.3 Å². The van der Waals surface area contributed by atoms with Crippen molar-refractivity contribution in [3.63, 3.8) is 0 Å². The number of aliphatic carboxylic acids is 2. The number of piperazine rings is 2. The third kappa shape index (κ3) is 29.2. The molecule has 93 heavy (non-hydrogen) atoms. The lowest BCUT2D eigenvalue weighted by molar-refractivity contribution is -0.152. The quantitative estimate of drug-likeness (QED) is 0.0282. The fourth-order valence-corrected chi connectivity index (χ4v) is 15.8. The minimum absolute atomic E-state index is 0.0392. The Balaban J connectivity index is 0.000000321. The smallest absolute Gasteiger partial charge is 0.346 e. The molecule has 10 atom stereocenters. The van der Waals surface area contributed by atoms with Crippen molar-refractivity contribution in [1.29, 1.82) is 0 Å². The number of hydrogen-bond donors (Lipinski definition) is 5. The number of carbonyl (C=O) groups is 6. The number of carboxylic acid groups (broad SMARTS) is 2.